The van der Waals surface area contributed by atoms with Crippen LogP contribution >= 0.6 is 0 Å². The number of aliphatic hydroxyl groups is 1. The number of carbonyl (C=O) groups excluding carboxylic acids is 1. The van der Waals surface area contributed by atoms with Gasteiger partial charge < -0.3 is 29.9 Å². The molecule has 206 valence electrons. The third-order valence-corrected chi connectivity index (χ3v) is 7.26. The van der Waals surface area contributed by atoms with E-state index in [1.54, 1.807) is 0 Å². The molecule has 38 heavy (non-hydrogen) atoms. The molecule has 2 aromatic rings. The fourth-order valence-corrected chi connectivity index (χ4v) is 5.19. The number of piperidine rings is 1. The topological polar surface area (TPSA) is 108 Å². The second kappa shape index (κ2) is 14.4. The third kappa shape index (κ3) is 8.63. The van der Waals surface area contributed by atoms with Crippen molar-refractivity contribution in [1.29, 1.82) is 0 Å². The first kappa shape index (κ1) is 28.2. The van der Waals surface area contributed by atoms with Crippen LogP contribution in [0.1, 0.15) is 86.9 Å². The predicted octanol–water partition coefficient (Wildman–Crippen LogP) is 5.18. The first-order valence-corrected chi connectivity index (χ1v) is 13.8. The van der Waals surface area contributed by atoms with Gasteiger partial charge in [-0.15, -0.1) is 0 Å². The van der Waals surface area contributed by atoms with E-state index in [1.165, 1.54) is 19.3 Å². The number of nitrogens with zero attached hydrogens (tertiary/aromatic N) is 1. The summed E-state index contributed by atoms with van der Waals surface area (Å²) in [5.74, 6) is -0.895. The van der Waals surface area contributed by atoms with E-state index in [4.69, 9.17) is 14.6 Å². The number of nitrogens with one attached hydrogen (secondary N) is 1. The number of likely N-dealkylation sites (tertiary alicyclic amines) is 1. The summed E-state index contributed by atoms with van der Waals surface area (Å²) in [5, 5.41) is 21.1. The lowest BCUT2D eigenvalue weighted by Gasteiger charge is -2.39. The van der Waals surface area contributed by atoms with Crippen LogP contribution in [-0.4, -0.2) is 52.7 Å². The number of aliphatic carboxylic acids is 1. The molecule has 0 aliphatic carbocycles. The first-order chi connectivity index (χ1) is 18.5. The molecular formula is C30H40N2O6. The van der Waals surface area contributed by atoms with Gasteiger partial charge in [0.15, 0.2) is 6.29 Å². The van der Waals surface area contributed by atoms with Gasteiger partial charge in [0.1, 0.15) is 0 Å². The molecule has 8 heteroatoms. The number of benzene rings is 2. The number of hydrogen-bond donors (Lipinski definition) is 3. The Balaban J connectivity index is 1.41. The summed E-state index contributed by atoms with van der Waals surface area (Å²) < 4.78 is 12.9. The quantitative estimate of drug-likeness (QED) is 0.328. The SMILES string of the molecule is O=C(O)CCCCCC(=O)Nc1cccc([C@@H]2O[C@H](CN3CCCCC3)C[C@H](c3ccc(CO)cc3)O2)c1. The predicted molar refractivity (Wildman–Crippen MR) is 145 cm³/mol. The number of anilines is 1. The van der Waals surface area contributed by atoms with Crippen LogP contribution in [0.4, 0.5) is 5.69 Å². The molecule has 4 rings (SSSR count). The smallest absolute Gasteiger partial charge is 0.303 e. The number of carboxylic acid groups (broad SMARTS) is 1. The Labute approximate surface area is 224 Å². The zero-order chi connectivity index (χ0) is 26.7. The van der Waals surface area contributed by atoms with Gasteiger partial charge in [-0.25, -0.2) is 0 Å². The third-order valence-electron chi connectivity index (χ3n) is 7.26. The average Bonchev–Trinajstić information content (AvgIpc) is 2.93. The maximum atomic E-state index is 12.4. The number of unbranched alkanes of at least 4 members (excludes halogenated alkanes) is 2. The van der Waals surface area contributed by atoms with E-state index in [-0.39, 0.29) is 31.1 Å². The molecule has 2 aliphatic heterocycles. The van der Waals surface area contributed by atoms with E-state index in [0.717, 1.165) is 42.7 Å². The highest BCUT2D eigenvalue weighted by Gasteiger charge is 2.33. The molecule has 2 fully saturated rings. The van der Waals surface area contributed by atoms with E-state index in [0.29, 0.717) is 31.4 Å². The Morgan fingerprint density at radius 3 is 2.42 bits per heavy atom. The van der Waals surface area contributed by atoms with Gasteiger partial charge in [0.2, 0.25) is 5.91 Å². The average molecular weight is 525 g/mol. The normalized spacial score (nSPS) is 22.2. The van der Waals surface area contributed by atoms with Crippen molar-refractivity contribution in [3.05, 3.63) is 65.2 Å². The second-order valence-corrected chi connectivity index (χ2v) is 10.3. The fraction of sp³-hybridized carbons (Fsp3) is 0.533. The van der Waals surface area contributed by atoms with Crippen LogP contribution in [0.15, 0.2) is 48.5 Å². The van der Waals surface area contributed by atoms with E-state index in [2.05, 4.69) is 10.2 Å². The maximum Gasteiger partial charge on any atom is 0.303 e. The molecule has 2 aliphatic rings. The highest BCUT2D eigenvalue weighted by atomic mass is 16.7. The number of hydrogen-bond acceptors (Lipinski definition) is 6. The Bertz CT molecular complexity index is 1040. The van der Waals surface area contributed by atoms with Gasteiger partial charge in [-0.3, -0.25) is 9.59 Å². The number of rotatable bonds is 12. The zero-order valence-electron chi connectivity index (χ0n) is 22.0. The van der Waals surface area contributed by atoms with Crippen molar-refractivity contribution >= 4 is 17.6 Å². The molecule has 3 atom stereocenters. The van der Waals surface area contributed by atoms with Crippen LogP contribution < -0.4 is 5.32 Å². The molecule has 8 nitrogen and oxygen atoms in total. The van der Waals surface area contributed by atoms with Crippen molar-refractivity contribution < 1.29 is 29.3 Å². The minimum atomic E-state index is -0.805. The van der Waals surface area contributed by atoms with Gasteiger partial charge in [-0.1, -0.05) is 49.2 Å². The Morgan fingerprint density at radius 1 is 0.921 bits per heavy atom. The number of ether oxygens (including phenoxy) is 2. The summed E-state index contributed by atoms with van der Waals surface area (Å²) in [4.78, 5) is 25.6. The summed E-state index contributed by atoms with van der Waals surface area (Å²) in [6.45, 7) is 3.07. The van der Waals surface area contributed by atoms with Crippen molar-refractivity contribution in [2.75, 3.05) is 25.0 Å². The summed E-state index contributed by atoms with van der Waals surface area (Å²) in [5.41, 5.74) is 3.47. The standard InChI is InChI=1S/C30H40N2O6/c33-21-22-12-14-23(15-13-22)27-19-26(20-32-16-5-2-6-17-32)37-30(38-27)24-8-7-9-25(18-24)31-28(34)10-3-1-4-11-29(35)36/h7-9,12-15,18,26-27,30,33H,1-6,10-11,16-17,19-21H2,(H,31,34)(H,35,36)/t26-,27+,30+/m0/s1. The molecule has 0 radical (unpaired) electrons. The molecule has 3 N–H and O–H groups in total. The van der Waals surface area contributed by atoms with Crippen molar-refractivity contribution in [2.45, 2.75) is 82.9 Å². The molecule has 2 saturated heterocycles. The van der Waals surface area contributed by atoms with Gasteiger partial charge in [0, 0.05) is 37.1 Å². The van der Waals surface area contributed by atoms with Crippen molar-refractivity contribution in [2.24, 2.45) is 0 Å². The van der Waals surface area contributed by atoms with Gasteiger partial charge in [0.25, 0.3) is 0 Å². The lowest BCUT2D eigenvalue weighted by Crippen LogP contribution is -2.41. The lowest BCUT2D eigenvalue weighted by atomic mass is 9.99. The summed E-state index contributed by atoms with van der Waals surface area (Å²) in [6, 6.07) is 15.5. The molecular weight excluding hydrogens is 484 g/mol. The van der Waals surface area contributed by atoms with Crippen LogP contribution in [0.25, 0.3) is 0 Å². The van der Waals surface area contributed by atoms with E-state index >= 15 is 0 Å². The molecule has 1 amide bonds. The Morgan fingerprint density at radius 2 is 1.68 bits per heavy atom. The molecule has 0 unspecified atom stereocenters. The van der Waals surface area contributed by atoms with Crippen molar-refractivity contribution in [1.82, 2.24) is 4.90 Å². The van der Waals surface area contributed by atoms with Gasteiger partial charge in [-0.2, -0.15) is 0 Å². The van der Waals surface area contributed by atoms with Crippen LogP contribution in [-0.2, 0) is 25.7 Å². The van der Waals surface area contributed by atoms with Gasteiger partial charge in [-0.05, 0) is 62.0 Å². The first-order valence-electron chi connectivity index (χ1n) is 13.8. The Kier molecular flexibility index (Phi) is 10.7. The van der Waals surface area contributed by atoms with E-state index in [9.17, 15) is 14.7 Å². The van der Waals surface area contributed by atoms with Crippen LogP contribution in [0.5, 0.6) is 0 Å². The zero-order valence-corrected chi connectivity index (χ0v) is 22.0. The summed E-state index contributed by atoms with van der Waals surface area (Å²) in [6.07, 6.45) is 6.23. The van der Waals surface area contributed by atoms with Crippen molar-refractivity contribution in [3.8, 4) is 0 Å². The van der Waals surface area contributed by atoms with Crippen LogP contribution in [0.3, 0.4) is 0 Å². The molecule has 2 aromatic carbocycles. The molecule has 0 saturated carbocycles. The lowest BCUT2D eigenvalue weighted by molar-refractivity contribution is -0.253. The molecule has 0 aromatic heterocycles. The van der Waals surface area contributed by atoms with Crippen LogP contribution in [0.2, 0.25) is 0 Å². The fourth-order valence-electron chi connectivity index (χ4n) is 5.19. The minimum Gasteiger partial charge on any atom is -0.481 e. The number of carbonyl (C=O) groups is 2. The van der Waals surface area contributed by atoms with E-state index < -0.39 is 12.3 Å². The summed E-state index contributed by atoms with van der Waals surface area (Å²) in [7, 11) is 0. The molecule has 2 heterocycles. The molecule has 0 bridgehead atoms. The maximum absolute atomic E-state index is 12.4. The number of carboxylic acids is 1. The second-order valence-electron chi connectivity index (χ2n) is 10.3. The van der Waals surface area contributed by atoms with Gasteiger partial charge in [0.05, 0.1) is 18.8 Å². The highest BCUT2D eigenvalue weighted by Crippen LogP contribution is 2.38. The number of amides is 1. The van der Waals surface area contributed by atoms with Crippen LogP contribution in [0, 0.1) is 0 Å². The highest BCUT2D eigenvalue weighted by molar-refractivity contribution is 5.90. The Hall–Kier alpha value is -2.78. The largest absolute Gasteiger partial charge is 0.481 e. The molecule has 0 spiro atoms. The number of aliphatic hydroxyl groups excluding tert-OH is 1. The van der Waals surface area contributed by atoms with Gasteiger partial charge >= 0.3 is 5.97 Å². The summed E-state index contributed by atoms with van der Waals surface area (Å²) >= 11 is 0. The minimum absolute atomic E-state index is 0.00989. The monoisotopic (exact) mass is 524 g/mol. The van der Waals surface area contributed by atoms with E-state index in [1.807, 2.05) is 48.5 Å². The van der Waals surface area contributed by atoms with Crippen molar-refractivity contribution in [3.63, 3.8) is 0 Å².